The smallest absolute Gasteiger partial charge is 0.260 e. The van der Waals surface area contributed by atoms with Crippen molar-refractivity contribution >= 4 is 27.8 Å². The van der Waals surface area contributed by atoms with Crippen LogP contribution in [0, 0.1) is 27.7 Å². The van der Waals surface area contributed by atoms with Gasteiger partial charge >= 0.3 is 0 Å². The molecule has 1 heterocycles. The molecule has 35 heavy (non-hydrogen) atoms. The second kappa shape index (κ2) is 10.8. The number of hydrogen-bond donors (Lipinski definition) is 1. The van der Waals surface area contributed by atoms with Gasteiger partial charge in [-0.15, -0.1) is 0 Å². The fourth-order valence-corrected chi connectivity index (χ4v) is 4.65. The molecular weight excluding hydrogens is 464 g/mol. The molecule has 186 valence electrons. The van der Waals surface area contributed by atoms with Crippen molar-refractivity contribution in [3.63, 3.8) is 0 Å². The fraction of sp³-hybridized carbons (Fsp3) is 0.308. The molecule has 0 bridgehead atoms. The van der Waals surface area contributed by atoms with Crippen LogP contribution in [-0.2, 0) is 14.8 Å². The summed E-state index contributed by atoms with van der Waals surface area (Å²) in [6.45, 7) is 10.1. The number of nitrogens with one attached hydrogen (secondary N) is 1. The minimum Gasteiger partial charge on any atom is -0.494 e. The summed E-state index contributed by atoms with van der Waals surface area (Å²) in [6.07, 6.45) is 2.63. The molecule has 3 rings (SSSR count). The van der Waals surface area contributed by atoms with Crippen LogP contribution in [0.1, 0.15) is 35.0 Å². The Kier molecular flexibility index (Phi) is 8.01. The van der Waals surface area contributed by atoms with Crippen LogP contribution in [-0.4, -0.2) is 44.5 Å². The van der Waals surface area contributed by atoms with Gasteiger partial charge in [0.25, 0.3) is 5.91 Å². The number of carbonyl (C=O) groups excluding carboxylic acids is 1. The zero-order valence-electron chi connectivity index (χ0n) is 21.0. The van der Waals surface area contributed by atoms with Crippen molar-refractivity contribution in [1.29, 1.82) is 0 Å². The minimum absolute atomic E-state index is 0.368. The highest BCUT2D eigenvalue weighted by Crippen LogP contribution is 2.23. The van der Waals surface area contributed by atoms with Gasteiger partial charge < -0.3 is 9.30 Å². The summed E-state index contributed by atoms with van der Waals surface area (Å²) >= 11 is 0. The zero-order chi connectivity index (χ0) is 25.8. The SMILES string of the molecule is CCOc1ccc(N(CC(=O)NN=Cc2cc(C)n(-c3ccc(C)c(C)c3)c2C)S(C)(=O)=O)cc1. The monoisotopic (exact) mass is 496 g/mol. The number of nitrogens with zero attached hydrogens (tertiary/aromatic N) is 3. The molecule has 0 saturated carbocycles. The first-order valence-corrected chi connectivity index (χ1v) is 13.1. The standard InChI is InChI=1S/C26H32N4O4S/c1-7-34-25-12-10-23(11-13-25)29(35(6,32)33)17-26(31)28-27-16-22-15-20(4)30(21(22)5)24-9-8-18(2)19(3)14-24/h8-16H,7,17H2,1-6H3,(H,28,31). The number of ether oxygens (including phenoxy) is 1. The van der Waals surface area contributed by atoms with E-state index in [2.05, 4.69) is 47.1 Å². The molecule has 0 saturated heterocycles. The van der Waals surface area contributed by atoms with Gasteiger partial charge in [-0.2, -0.15) is 5.10 Å². The first kappa shape index (κ1) is 26.0. The van der Waals surface area contributed by atoms with Crippen molar-refractivity contribution in [2.24, 2.45) is 5.10 Å². The Morgan fingerprint density at radius 1 is 1.06 bits per heavy atom. The summed E-state index contributed by atoms with van der Waals surface area (Å²) in [5, 5.41) is 4.07. The largest absolute Gasteiger partial charge is 0.494 e. The lowest BCUT2D eigenvalue weighted by atomic mass is 10.1. The summed E-state index contributed by atoms with van der Waals surface area (Å²) in [5.74, 6) is 0.0701. The number of rotatable bonds is 9. The van der Waals surface area contributed by atoms with Gasteiger partial charge in [0.05, 0.1) is 24.8 Å². The third kappa shape index (κ3) is 6.30. The topological polar surface area (TPSA) is 93.0 Å². The third-order valence-corrected chi connectivity index (χ3v) is 6.88. The number of aryl methyl sites for hydroxylation is 3. The molecule has 1 amide bonds. The Balaban J connectivity index is 1.73. The molecule has 0 fully saturated rings. The molecule has 0 spiro atoms. The van der Waals surface area contributed by atoms with Gasteiger partial charge in [-0.1, -0.05) is 6.07 Å². The highest BCUT2D eigenvalue weighted by molar-refractivity contribution is 7.92. The number of hydrogen-bond acceptors (Lipinski definition) is 5. The average molecular weight is 497 g/mol. The molecule has 0 aliphatic heterocycles. The summed E-state index contributed by atoms with van der Waals surface area (Å²) in [4.78, 5) is 12.5. The summed E-state index contributed by atoms with van der Waals surface area (Å²) in [6, 6.07) is 14.8. The Morgan fingerprint density at radius 2 is 1.74 bits per heavy atom. The number of anilines is 1. The van der Waals surface area contributed by atoms with Gasteiger partial charge in [0, 0.05) is 22.6 Å². The van der Waals surface area contributed by atoms with E-state index in [9.17, 15) is 13.2 Å². The van der Waals surface area contributed by atoms with E-state index >= 15 is 0 Å². The molecule has 0 atom stereocenters. The number of sulfonamides is 1. The van der Waals surface area contributed by atoms with Gasteiger partial charge in [-0.25, -0.2) is 13.8 Å². The lowest BCUT2D eigenvalue weighted by Gasteiger charge is -2.21. The molecule has 1 N–H and O–H groups in total. The van der Waals surface area contributed by atoms with Gasteiger partial charge in [0.15, 0.2) is 0 Å². The van der Waals surface area contributed by atoms with Crippen LogP contribution in [0.25, 0.3) is 5.69 Å². The number of hydrazone groups is 1. The number of carbonyl (C=O) groups is 1. The van der Waals surface area contributed by atoms with E-state index < -0.39 is 22.5 Å². The summed E-state index contributed by atoms with van der Waals surface area (Å²) < 4.78 is 33.2. The molecule has 9 heteroatoms. The predicted molar refractivity (Wildman–Crippen MR) is 140 cm³/mol. The molecule has 8 nitrogen and oxygen atoms in total. The maximum Gasteiger partial charge on any atom is 0.260 e. The summed E-state index contributed by atoms with van der Waals surface area (Å²) in [7, 11) is -3.69. The van der Waals surface area contributed by atoms with Crippen LogP contribution in [0.5, 0.6) is 5.75 Å². The molecule has 0 unspecified atom stereocenters. The first-order valence-electron chi connectivity index (χ1n) is 11.3. The van der Waals surface area contributed by atoms with Gasteiger partial charge in [0.2, 0.25) is 10.0 Å². The van der Waals surface area contributed by atoms with Crippen LogP contribution in [0.3, 0.4) is 0 Å². The van der Waals surface area contributed by atoms with E-state index in [-0.39, 0.29) is 0 Å². The van der Waals surface area contributed by atoms with Crippen molar-refractivity contribution in [2.45, 2.75) is 34.6 Å². The van der Waals surface area contributed by atoms with Gasteiger partial charge in [-0.05, 0) is 88.2 Å². The lowest BCUT2D eigenvalue weighted by Crippen LogP contribution is -2.39. The van der Waals surface area contributed by atoms with Crippen LogP contribution >= 0.6 is 0 Å². The van der Waals surface area contributed by atoms with Crippen molar-refractivity contribution in [3.8, 4) is 11.4 Å². The normalized spacial score (nSPS) is 11.6. The molecule has 0 radical (unpaired) electrons. The molecule has 2 aromatic carbocycles. The van der Waals surface area contributed by atoms with Crippen molar-refractivity contribution < 1.29 is 17.9 Å². The van der Waals surface area contributed by atoms with E-state index in [4.69, 9.17) is 4.74 Å². The van der Waals surface area contributed by atoms with Gasteiger partial charge in [0.1, 0.15) is 12.3 Å². The Bertz CT molecular complexity index is 1340. The Hall–Kier alpha value is -3.59. The van der Waals surface area contributed by atoms with Crippen LogP contribution in [0.15, 0.2) is 53.6 Å². The lowest BCUT2D eigenvalue weighted by molar-refractivity contribution is -0.119. The van der Waals surface area contributed by atoms with E-state index in [1.54, 1.807) is 30.5 Å². The Labute approximate surface area is 207 Å². The Morgan fingerprint density at radius 3 is 2.34 bits per heavy atom. The summed E-state index contributed by atoms with van der Waals surface area (Å²) in [5.41, 5.74) is 9.18. The maximum absolute atomic E-state index is 12.5. The van der Waals surface area contributed by atoms with Crippen molar-refractivity contribution in [2.75, 3.05) is 23.7 Å². The third-order valence-electron chi connectivity index (χ3n) is 5.74. The van der Waals surface area contributed by atoms with Crippen molar-refractivity contribution in [1.82, 2.24) is 9.99 Å². The van der Waals surface area contributed by atoms with Crippen LogP contribution in [0.2, 0.25) is 0 Å². The quantitative estimate of drug-likeness (QED) is 0.358. The predicted octanol–water partition coefficient (Wildman–Crippen LogP) is 4.03. The van der Waals surface area contributed by atoms with E-state index in [0.29, 0.717) is 18.0 Å². The van der Waals surface area contributed by atoms with Gasteiger partial charge in [-0.3, -0.25) is 9.10 Å². The van der Waals surface area contributed by atoms with Crippen LogP contribution in [0.4, 0.5) is 5.69 Å². The van der Waals surface area contributed by atoms with E-state index in [1.807, 2.05) is 26.8 Å². The average Bonchev–Trinajstić information content (AvgIpc) is 3.07. The second-order valence-electron chi connectivity index (χ2n) is 8.42. The number of aromatic nitrogens is 1. The van der Waals surface area contributed by atoms with Crippen molar-refractivity contribution in [3.05, 3.63) is 76.6 Å². The van der Waals surface area contributed by atoms with Crippen LogP contribution < -0.4 is 14.5 Å². The maximum atomic E-state index is 12.5. The second-order valence-corrected chi connectivity index (χ2v) is 10.3. The number of amides is 1. The minimum atomic E-state index is -3.69. The highest BCUT2D eigenvalue weighted by Gasteiger charge is 2.21. The molecular formula is C26H32N4O4S. The molecule has 0 aliphatic carbocycles. The van der Waals surface area contributed by atoms with E-state index in [1.165, 1.54) is 11.1 Å². The zero-order valence-corrected chi connectivity index (χ0v) is 21.8. The van der Waals surface area contributed by atoms with E-state index in [0.717, 1.165) is 33.2 Å². The molecule has 0 aliphatic rings. The molecule has 1 aromatic heterocycles. The first-order chi connectivity index (χ1) is 16.5. The number of benzene rings is 2. The highest BCUT2D eigenvalue weighted by atomic mass is 32.2. The fourth-order valence-electron chi connectivity index (χ4n) is 3.80. The molecule has 3 aromatic rings.